The van der Waals surface area contributed by atoms with Crippen LogP contribution in [-0.4, -0.2) is 129 Å². The molecule has 56 heavy (non-hydrogen) atoms. The van der Waals surface area contributed by atoms with Gasteiger partial charge in [-0.25, -0.2) is 0 Å². The summed E-state index contributed by atoms with van der Waals surface area (Å²) in [4.78, 5) is 24.8. The van der Waals surface area contributed by atoms with Gasteiger partial charge in [0, 0.05) is 36.8 Å². The van der Waals surface area contributed by atoms with Gasteiger partial charge in [0.25, 0.3) is 20.2 Å². The Morgan fingerprint density at radius 3 is 1.05 bits per heavy atom. The standard InChI is InChI=1S/C34H32N12O6S2.2Na.2H/c1-35-29-41-31(37-23-9-5-3-6-10-23)45-33(43-29)39-25-17-15-21(27(19-25)53(47,48)49)13-14-22-16-18-26(20-28(22)54(50,51)52)40-34-44-30(36-2)42-32(46-34)38-24-11-7-4-8-12-24;;;;/h3-20H,1-2H3,(H,47,48,49)(H,50,51,52)(H3,35,37,39,41,43,45)(H3,36,38,40,42,44,46);;;;. The van der Waals surface area contributed by atoms with Crippen molar-refractivity contribution in [3.8, 4) is 0 Å². The molecule has 0 aliphatic rings. The summed E-state index contributed by atoms with van der Waals surface area (Å²) in [6.07, 6.45) is 2.56. The minimum absolute atomic E-state index is 0. The van der Waals surface area contributed by atoms with Crippen molar-refractivity contribution in [1.29, 1.82) is 0 Å². The first-order valence-electron chi connectivity index (χ1n) is 15.8. The van der Waals surface area contributed by atoms with Crippen molar-refractivity contribution in [2.24, 2.45) is 0 Å². The van der Waals surface area contributed by atoms with Crippen LogP contribution in [0.1, 0.15) is 11.1 Å². The van der Waals surface area contributed by atoms with Gasteiger partial charge in [0.15, 0.2) is 0 Å². The summed E-state index contributed by atoms with van der Waals surface area (Å²) in [5, 5.41) is 17.6. The molecule has 2 aromatic heterocycles. The average molecular weight is 817 g/mol. The van der Waals surface area contributed by atoms with Crippen LogP contribution in [0.25, 0.3) is 12.2 Å². The van der Waals surface area contributed by atoms with E-state index in [2.05, 4.69) is 61.8 Å². The molecule has 22 heteroatoms. The summed E-state index contributed by atoms with van der Waals surface area (Å²) >= 11 is 0. The van der Waals surface area contributed by atoms with Gasteiger partial charge in [0.05, 0.1) is 0 Å². The molecule has 0 atom stereocenters. The fraction of sp³-hybridized carbons (Fsp3) is 0.0588. The second-order valence-electron chi connectivity index (χ2n) is 11.1. The molecule has 0 bridgehead atoms. The predicted molar refractivity (Wildman–Crippen MR) is 221 cm³/mol. The summed E-state index contributed by atoms with van der Waals surface area (Å²) in [5.41, 5.74) is 1.87. The Balaban J connectivity index is 0.00000348. The quantitative estimate of drug-likeness (QED) is 0.0428. The number of aromatic nitrogens is 6. The Bertz CT molecular complexity index is 2380. The molecule has 2 heterocycles. The van der Waals surface area contributed by atoms with Crippen LogP contribution in [-0.2, 0) is 20.2 Å². The summed E-state index contributed by atoms with van der Waals surface area (Å²) in [5.74, 6) is 0.969. The number of benzene rings is 4. The summed E-state index contributed by atoms with van der Waals surface area (Å²) in [6.45, 7) is 0. The Morgan fingerprint density at radius 1 is 0.446 bits per heavy atom. The molecule has 0 spiro atoms. The number of nitrogens with zero attached hydrogens (tertiary/aromatic N) is 6. The van der Waals surface area contributed by atoms with E-state index in [0.29, 0.717) is 0 Å². The Morgan fingerprint density at radius 2 is 0.750 bits per heavy atom. The summed E-state index contributed by atoms with van der Waals surface area (Å²) in [7, 11) is -6.36. The minimum atomic E-state index is -4.80. The molecule has 280 valence electrons. The van der Waals surface area contributed by atoms with Gasteiger partial charge in [0.1, 0.15) is 9.79 Å². The number of hydrogen-bond acceptors (Lipinski definition) is 16. The van der Waals surface area contributed by atoms with Gasteiger partial charge in [-0.2, -0.15) is 46.7 Å². The van der Waals surface area contributed by atoms with Gasteiger partial charge in [0.2, 0.25) is 35.7 Å². The van der Waals surface area contributed by atoms with Crippen LogP contribution in [0, 0.1) is 0 Å². The normalized spacial score (nSPS) is 11.1. The first kappa shape index (κ1) is 44.0. The fourth-order valence-electron chi connectivity index (χ4n) is 4.88. The maximum atomic E-state index is 12.5. The molecule has 4 aromatic carbocycles. The molecule has 0 saturated heterocycles. The zero-order chi connectivity index (χ0) is 38.3. The molecule has 0 aliphatic carbocycles. The van der Waals surface area contributed by atoms with Crippen LogP contribution in [0.5, 0.6) is 0 Å². The molecule has 6 rings (SSSR count). The van der Waals surface area contributed by atoms with Crippen LogP contribution < -0.4 is 31.9 Å². The van der Waals surface area contributed by atoms with Crippen molar-refractivity contribution >= 4 is 150 Å². The third-order valence-corrected chi connectivity index (χ3v) is 9.13. The van der Waals surface area contributed by atoms with Crippen molar-refractivity contribution in [2.45, 2.75) is 9.79 Å². The second kappa shape index (κ2) is 19.4. The monoisotopic (exact) mass is 816 g/mol. The molecular weight excluding hydrogens is 783 g/mol. The molecule has 0 unspecified atom stereocenters. The average Bonchev–Trinajstić information content (AvgIpc) is 3.14. The van der Waals surface area contributed by atoms with Crippen molar-refractivity contribution < 1.29 is 25.9 Å². The Hall–Kier alpha value is -4.74. The first-order chi connectivity index (χ1) is 25.9. The molecule has 0 radical (unpaired) electrons. The molecule has 0 amide bonds. The van der Waals surface area contributed by atoms with E-state index in [0.717, 1.165) is 23.5 Å². The second-order valence-corrected chi connectivity index (χ2v) is 13.9. The number of para-hydroxylation sites is 2. The Kier molecular flexibility index (Phi) is 15.2. The number of anilines is 10. The third kappa shape index (κ3) is 11.9. The fourth-order valence-corrected chi connectivity index (χ4v) is 6.30. The zero-order valence-corrected chi connectivity index (χ0v) is 30.1. The summed E-state index contributed by atoms with van der Waals surface area (Å²) in [6, 6.07) is 26.5. The van der Waals surface area contributed by atoms with E-state index in [1.165, 1.54) is 36.4 Å². The molecule has 0 saturated carbocycles. The van der Waals surface area contributed by atoms with Crippen molar-refractivity contribution in [1.82, 2.24) is 29.9 Å². The topological polar surface area (TPSA) is 258 Å². The summed E-state index contributed by atoms with van der Waals surface area (Å²) < 4.78 is 70.3. The van der Waals surface area contributed by atoms with Gasteiger partial charge < -0.3 is 31.9 Å². The van der Waals surface area contributed by atoms with Crippen LogP contribution in [0.15, 0.2) is 107 Å². The van der Waals surface area contributed by atoms with Gasteiger partial charge in [-0.15, -0.1) is 0 Å². The predicted octanol–water partition coefficient (Wildman–Crippen LogP) is 4.48. The van der Waals surface area contributed by atoms with E-state index in [4.69, 9.17) is 0 Å². The van der Waals surface area contributed by atoms with E-state index in [1.54, 1.807) is 14.1 Å². The van der Waals surface area contributed by atoms with Gasteiger partial charge in [-0.3, -0.25) is 9.11 Å². The molecule has 0 fully saturated rings. The SMILES string of the molecule is CNc1nc(Nc2ccccc2)nc(Nc2ccc(C=Cc3ccc(Nc4nc(NC)nc(Nc5ccccc5)n4)cc3S(=O)(=O)O)c(S(=O)(=O)O)c2)n1.[NaH].[NaH]. The van der Waals surface area contributed by atoms with Crippen LogP contribution in [0.4, 0.5) is 58.4 Å². The maximum absolute atomic E-state index is 12.5. The van der Waals surface area contributed by atoms with Crippen LogP contribution in [0.3, 0.4) is 0 Å². The molecular formula is C34H34N12Na2O6S2. The number of rotatable bonds is 14. The molecule has 18 nitrogen and oxygen atoms in total. The molecule has 8 N–H and O–H groups in total. The third-order valence-electron chi connectivity index (χ3n) is 7.32. The van der Waals surface area contributed by atoms with Gasteiger partial charge >= 0.3 is 59.1 Å². The van der Waals surface area contributed by atoms with Crippen molar-refractivity contribution in [3.05, 3.63) is 108 Å². The molecule has 0 aliphatic heterocycles. The van der Waals surface area contributed by atoms with Gasteiger partial charge in [-0.05, 0) is 59.7 Å². The van der Waals surface area contributed by atoms with E-state index < -0.39 is 30.0 Å². The number of nitrogens with one attached hydrogen (secondary N) is 6. The zero-order valence-electron chi connectivity index (χ0n) is 28.4. The van der Waals surface area contributed by atoms with E-state index >= 15 is 0 Å². The van der Waals surface area contributed by atoms with Crippen LogP contribution in [0.2, 0.25) is 0 Å². The first-order valence-corrected chi connectivity index (χ1v) is 18.7. The van der Waals surface area contributed by atoms with E-state index in [-0.39, 0.29) is 117 Å². The van der Waals surface area contributed by atoms with Crippen LogP contribution >= 0.6 is 0 Å². The van der Waals surface area contributed by atoms with Crippen molar-refractivity contribution in [2.75, 3.05) is 46.0 Å². The molecule has 6 aromatic rings. The Labute approximate surface area is 366 Å². The van der Waals surface area contributed by atoms with Gasteiger partial charge in [-0.1, -0.05) is 60.7 Å². The van der Waals surface area contributed by atoms with E-state index in [9.17, 15) is 25.9 Å². The van der Waals surface area contributed by atoms with E-state index in [1.807, 2.05) is 60.7 Å². The number of hydrogen-bond donors (Lipinski definition) is 8. The van der Waals surface area contributed by atoms with Crippen molar-refractivity contribution in [3.63, 3.8) is 0 Å².